The number of benzene rings is 1. The maximum atomic E-state index is 11.8. The molecule has 8 heteroatoms. The van der Waals surface area contributed by atoms with E-state index in [9.17, 15) is 18.5 Å². The number of rotatable bonds is 4. The van der Waals surface area contributed by atoms with E-state index in [2.05, 4.69) is 4.72 Å². The summed E-state index contributed by atoms with van der Waals surface area (Å²) in [5, 5.41) is 10.6. The highest BCUT2D eigenvalue weighted by atomic mass is 35.5. The zero-order chi connectivity index (χ0) is 13.2. The first-order valence-electron chi connectivity index (χ1n) is 4.73. The van der Waals surface area contributed by atoms with E-state index in [-0.39, 0.29) is 16.5 Å². The van der Waals surface area contributed by atoms with Crippen molar-refractivity contribution in [3.8, 4) is 0 Å². The molecule has 0 aromatic heterocycles. The van der Waals surface area contributed by atoms with Crippen molar-refractivity contribution < 1.29 is 13.3 Å². The van der Waals surface area contributed by atoms with E-state index in [0.29, 0.717) is 5.56 Å². The number of nitrogens with one attached hydrogen (secondary N) is 1. The van der Waals surface area contributed by atoms with Gasteiger partial charge in [0.2, 0.25) is 10.0 Å². The molecular formula is C9H11ClN2O4S. The van der Waals surface area contributed by atoms with Gasteiger partial charge in [0, 0.05) is 12.6 Å². The molecule has 1 N–H and O–H groups in total. The quantitative estimate of drug-likeness (QED) is 0.672. The Kier molecular flexibility index (Phi) is 4.07. The number of halogens is 1. The Morgan fingerprint density at radius 1 is 1.47 bits per heavy atom. The Morgan fingerprint density at radius 3 is 2.53 bits per heavy atom. The normalized spacial score (nSPS) is 11.5. The molecule has 0 saturated heterocycles. The topological polar surface area (TPSA) is 89.3 Å². The molecule has 1 rings (SSSR count). The predicted molar refractivity (Wildman–Crippen MR) is 63.7 cm³/mol. The van der Waals surface area contributed by atoms with Crippen molar-refractivity contribution in [2.24, 2.45) is 0 Å². The van der Waals surface area contributed by atoms with Crippen LogP contribution in [0.3, 0.4) is 0 Å². The molecule has 0 unspecified atom stereocenters. The lowest BCUT2D eigenvalue weighted by atomic mass is 10.2. The second-order valence-corrected chi connectivity index (χ2v) is 5.47. The predicted octanol–water partition coefficient (Wildman–Crippen LogP) is 1.85. The van der Waals surface area contributed by atoms with Crippen molar-refractivity contribution in [1.82, 2.24) is 4.72 Å². The molecule has 6 nitrogen and oxygen atoms in total. The van der Waals surface area contributed by atoms with E-state index < -0.39 is 20.6 Å². The lowest BCUT2D eigenvalue weighted by molar-refractivity contribution is -0.384. The molecule has 0 aliphatic heterocycles. The smallest absolute Gasteiger partial charge is 0.258 e. The molecule has 0 fully saturated rings. The van der Waals surface area contributed by atoms with E-state index in [1.165, 1.54) is 13.0 Å². The van der Waals surface area contributed by atoms with Gasteiger partial charge < -0.3 is 0 Å². The third kappa shape index (κ3) is 2.93. The zero-order valence-electron chi connectivity index (χ0n) is 9.23. The van der Waals surface area contributed by atoms with E-state index in [1.807, 2.05) is 0 Å². The van der Waals surface area contributed by atoms with Crippen LogP contribution in [-0.4, -0.2) is 19.9 Å². The van der Waals surface area contributed by atoms with Gasteiger partial charge in [-0.2, -0.15) is 0 Å². The van der Waals surface area contributed by atoms with E-state index >= 15 is 0 Å². The van der Waals surface area contributed by atoms with Gasteiger partial charge in [0.15, 0.2) is 0 Å². The highest BCUT2D eigenvalue weighted by Gasteiger charge is 2.22. The van der Waals surface area contributed by atoms with Crippen LogP contribution in [0.5, 0.6) is 0 Å². The van der Waals surface area contributed by atoms with Gasteiger partial charge in [-0.3, -0.25) is 10.1 Å². The van der Waals surface area contributed by atoms with Gasteiger partial charge in [0.25, 0.3) is 5.69 Å². The monoisotopic (exact) mass is 278 g/mol. The Bertz CT molecular complexity index is 556. The number of nitro benzene ring substituents is 1. The SMILES string of the molecule is CCNS(=O)(=O)c1cc([N+](=O)[O-])c(Cl)cc1C. The maximum Gasteiger partial charge on any atom is 0.289 e. The van der Waals surface area contributed by atoms with Gasteiger partial charge in [-0.25, -0.2) is 13.1 Å². The van der Waals surface area contributed by atoms with Crippen LogP contribution in [0.2, 0.25) is 5.02 Å². The first-order valence-corrected chi connectivity index (χ1v) is 6.60. The average Bonchev–Trinajstić information content (AvgIpc) is 2.15. The molecular weight excluding hydrogens is 268 g/mol. The van der Waals surface area contributed by atoms with E-state index in [1.54, 1.807) is 6.92 Å². The van der Waals surface area contributed by atoms with Crippen molar-refractivity contribution in [2.75, 3.05) is 6.54 Å². The molecule has 94 valence electrons. The molecule has 0 amide bonds. The molecule has 0 aliphatic carbocycles. The molecule has 0 aliphatic rings. The van der Waals surface area contributed by atoms with Gasteiger partial charge in [0.1, 0.15) is 5.02 Å². The minimum absolute atomic E-state index is 0.0806. The Morgan fingerprint density at radius 2 is 2.06 bits per heavy atom. The summed E-state index contributed by atoms with van der Waals surface area (Å²) in [4.78, 5) is 9.83. The standard InChI is InChI=1S/C9H11ClN2O4S/c1-3-11-17(15,16)9-5-8(12(13)14)7(10)4-6(9)2/h4-5,11H,3H2,1-2H3. The summed E-state index contributed by atoms with van der Waals surface area (Å²) in [6, 6.07) is 2.24. The third-order valence-electron chi connectivity index (χ3n) is 2.06. The zero-order valence-corrected chi connectivity index (χ0v) is 10.8. The number of hydrogen-bond donors (Lipinski definition) is 1. The van der Waals surface area contributed by atoms with E-state index in [4.69, 9.17) is 11.6 Å². The van der Waals surface area contributed by atoms with Crippen LogP contribution in [0.1, 0.15) is 12.5 Å². The number of hydrogen-bond acceptors (Lipinski definition) is 4. The molecule has 0 radical (unpaired) electrons. The Balaban J connectivity index is 3.45. The minimum atomic E-state index is -3.73. The molecule has 0 saturated carbocycles. The van der Waals surface area contributed by atoms with Gasteiger partial charge in [-0.05, 0) is 18.6 Å². The van der Waals surface area contributed by atoms with Crippen LogP contribution in [0, 0.1) is 17.0 Å². The van der Waals surface area contributed by atoms with Crippen LogP contribution < -0.4 is 4.72 Å². The first kappa shape index (κ1) is 13.9. The summed E-state index contributed by atoms with van der Waals surface area (Å²) in [5.41, 5.74) is -0.0599. The second kappa shape index (κ2) is 4.99. The third-order valence-corrected chi connectivity index (χ3v) is 4.06. The Hall–Kier alpha value is -1.18. The van der Waals surface area contributed by atoms with Crippen molar-refractivity contribution >= 4 is 27.3 Å². The van der Waals surface area contributed by atoms with Crippen LogP contribution in [0.15, 0.2) is 17.0 Å². The van der Waals surface area contributed by atoms with Crippen molar-refractivity contribution in [3.05, 3.63) is 32.8 Å². The van der Waals surface area contributed by atoms with Crippen LogP contribution in [0.25, 0.3) is 0 Å². The van der Waals surface area contributed by atoms with Crippen molar-refractivity contribution in [3.63, 3.8) is 0 Å². The largest absolute Gasteiger partial charge is 0.289 e. The lowest BCUT2D eigenvalue weighted by Crippen LogP contribution is -2.24. The summed E-state index contributed by atoms with van der Waals surface area (Å²) in [6.45, 7) is 3.36. The minimum Gasteiger partial charge on any atom is -0.258 e. The summed E-state index contributed by atoms with van der Waals surface area (Å²) in [7, 11) is -3.73. The van der Waals surface area contributed by atoms with Gasteiger partial charge in [-0.1, -0.05) is 18.5 Å². The summed E-state index contributed by atoms with van der Waals surface area (Å²) in [6.07, 6.45) is 0. The Labute approximate surface area is 104 Å². The summed E-state index contributed by atoms with van der Waals surface area (Å²) < 4.78 is 25.8. The highest BCUT2D eigenvalue weighted by Crippen LogP contribution is 2.29. The van der Waals surface area contributed by atoms with Crippen molar-refractivity contribution in [1.29, 1.82) is 0 Å². The molecule has 0 atom stereocenters. The molecule has 0 spiro atoms. The van der Waals surface area contributed by atoms with E-state index in [0.717, 1.165) is 6.07 Å². The number of nitro groups is 1. The van der Waals surface area contributed by atoms with Crippen LogP contribution in [-0.2, 0) is 10.0 Å². The highest BCUT2D eigenvalue weighted by molar-refractivity contribution is 7.89. The van der Waals surface area contributed by atoms with Gasteiger partial charge in [0.05, 0.1) is 9.82 Å². The molecule has 0 heterocycles. The molecule has 1 aromatic carbocycles. The lowest BCUT2D eigenvalue weighted by Gasteiger charge is -2.08. The second-order valence-electron chi connectivity index (χ2n) is 3.33. The average molecular weight is 279 g/mol. The maximum absolute atomic E-state index is 11.8. The first-order chi connectivity index (χ1) is 7.79. The van der Waals surface area contributed by atoms with Crippen molar-refractivity contribution in [2.45, 2.75) is 18.7 Å². The number of aryl methyl sites for hydroxylation is 1. The molecule has 1 aromatic rings. The fourth-order valence-electron chi connectivity index (χ4n) is 1.34. The van der Waals surface area contributed by atoms with Crippen LogP contribution in [0.4, 0.5) is 5.69 Å². The summed E-state index contributed by atoms with van der Waals surface area (Å²) >= 11 is 5.67. The fourth-order valence-corrected chi connectivity index (χ4v) is 2.91. The molecule has 0 bridgehead atoms. The fraction of sp³-hybridized carbons (Fsp3) is 0.333. The number of sulfonamides is 1. The summed E-state index contributed by atoms with van der Waals surface area (Å²) in [5.74, 6) is 0. The molecule has 17 heavy (non-hydrogen) atoms. The van der Waals surface area contributed by atoms with Gasteiger partial charge >= 0.3 is 0 Å². The van der Waals surface area contributed by atoms with Crippen LogP contribution >= 0.6 is 11.6 Å². The number of nitrogens with zero attached hydrogens (tertiary/aromatic N) is 1. The van der Waals surface area contributed by atoms with Gasteiger partial charge in [-0.15, -0.1) is 0 Å².